The Kier molecular flexibility index (Phi) is 5.86. The molecule has 3 rings (SSSR count). The summed E-state index contributed by atoms with van der Waals surface area (Å²) in [5.41, 5.74) is 2.62. The van der Waals surface area contributed by atoms with Gasteiger partial charge >= 0.3 is 0 Å². The van der Waals surface area contributed by atoms with Crippen molar-refractivity contribution in [2.24, 2.45) is 0 Å². The topological polar surface area (TPSA) is 24.9 Å². The van der Waals surface area contributed by atoms with Crippen LogP contribution in [0.2, 0.25) is 0 Å². The van der Waals surface area contributed by atoms with E-state index < -0.39 is 0 Å². The van der Waals surface area contributed by atoms with Crippen molar-refractivity contribution in [2.45, 2.75) is 18.8 Å². The van der Waals surface area contributed by atoms with Crippen LogP contribution in [0.4, 0.5) is 0 Å². The molecule has 0 unspecified atom stereocenters. The Labute approximate surface area is 120 Å². The average Bonchev–Trinajstić information content (AvgIpc) is 2.39. The zero-order valence-electron chi connectivity index (χ0n) is 10.1. The third-order valence-corrected chi connectivity index (χ3v) is 3.44. The van der Waals surface area contributed by atoms with Crippen LogP contribution in [-0.2, 0) is 0 Å². The van der Waals surface area contributed by atoms with Crippen LogP contribution >= 0.6 is 24.8 Å². The van der Waals surface area contributed by atoms with Crippen LogP contribution < -0.4 is 5.32 Å². The van der Waals surface area contributed by atoms with Crippen LogP contribution in [0.5, 0.6) is 0 Å². The molecule has 98 valence electrons. The predicted octanol–water partition coefficient (Wildman–Crippen LogP) is 3.55. The normalized spacial score (nSPS) is 15.8. The van der Waals surface area contributed by atoms with Crippen LogP contribution in [0.25, 0.3) is 10.9 Å². The number of nitrogens with zero attached hydrogens (tertiary/aromatic N) is 1. The monoisotopic (exact) mass is 284 g/mol. The Hall–Kier alpha value is -0.830. The van der Waals surface area contributed by atoms with Gasteiger partial charge < -0.3 is 5.32 Å². The largest absolute Gasteiger partial charge is 0.317 e. The van der Waals surface area contributed by atoms with Gasteiger partial charge in [-0.3, -0.25) is 4.98 Å². The lowest BCUT2D eigenvalue weighted by atomic mass is 9.89. The molecule has 1 aromatic heterocycles. The Morgan fingerprint density at radius 2 is 1.72 bits per heavy atom. The number of pyridine rings is 1. The zero-order chi connectivity index (χ0) is 10.8. The molecule has 1 aliphatic heterocycles. The molecule has 2 nitrogen and oxygen atoms in total. The summed E-state index contributed by atoms with van der Waals surface area (Å²) in [4.78, 5) is 4.54. The molecule has 1 aliphatic rings. The second-order valence-corrected chi connectivity index (χ2v) is 4.45. The summed E-state index contributed by atoms with van der Waals surface area (Å²) < 4.78 is 0. The lowest BCUT2D eigenvalue weighted by Crippen LogP contribution is -2.26. The minimum atomic E-state index is 0. The van der Waals surface area contributed by atoms with Gasteiger partial charge in [0, 0.05) is 11.6 Å². The molecule has 1 N–H and O–H groups in total. The van der Waals surface area contributed by atoms with E-state index in [0.717, 1.165) is 13.1 Å². The molecule has 2 heterocycles. The maximum absolute atomic E-state index is 4.54. The van der Waals surface area contributed by atoms with Gasteiger partial charge in [0.05, 0.1) is 5.52 Å². The number of rotatable bonds is 1. The first-order valence-corrected chi connectivity index (χ1v) is 5.99. The molecule has 0 atom stereocenters. The van der Waals surface area contributed by atoms with Crippen molar-refractivity contribution in [1.29, 1.82) is 0 Å². The van der Waals surface area contributed by atoms with Gasteiger partial charge in [0.2, 0.25) is 0 Å². The van der Waals surface area contributed by atoms with E-state index in [0.29, 0.717) is 5.92 Å². The summed E-state index contributed by atoms with van der Waals surface area (Å²) in [7, 11) is 0. The lowest BCUT2D eigenvalue weighted by Gasteiger charge is -2.23. The van der Waals surface area contributed by atoms with Crippen molar-refractivity contribution in [3.8, 4) is 0 Å². The first-order valence-electron chi connectivity index (χ1n) is 5.99. The van der Waals surface area contributed by atoms with Crippen LogP contribution in [0.15, 0.2) is 36.5 Å². The van der Waals surface area contributed by atoms with Gasteiger partial charge in [-0.2, -0.15) is 0 Å². The highest BCUT2D eigenvalue weighted by molar-refractivity contribution is 5.85. The molecule has 4 heteroatoms. The van der Waals surface area contributed by atoms with Crippen molar-refractivity contribution >= 4 is 35.7 Å². The molecule has 2 aromatic rings. The van der Waals surface area contributed by atoms with E-state index in [9.17, 15) is 0 Å². The number of piperidine rings is 1. The minimum Gasteiger partial charge on any atom is -0.317 e. The first kappa shape index (κ1) is 15.2. The van der Waals surface area contributed by atoms with Gasteiger partial charge in [-0.25, -0.2) is 0 Å². The number of fused-ring (bicyclic) bond motifs is 1. The number of nitrogens with one attached hydrogen (secondary N) is 1. The Morgan fingerprint density at radius 1 is 1.00 bits per heavy atom. The van der Waals surface area contributed by atoms with Crippen LogP contribution in [0.3, 0.4) is 0 Å². The van der Waals surface area contributed by atoms with E-state index in [-0.39, 0.29) is 24.8 Å². The third kappa shape index (κ3) is 2.94. The fraction of sp³-hybridized carbons (Fsp3) is 0.357. The summed E-state index contributed by atoms with van der Waals surface area (Å²) >= 11 is 0. The molecule has 0 amide bonds. The molecule has 18 heavy (non-hydrogen) atoms. The SMILES string of the molecule is Cl.Cl.c1cnc2c(C3CCNCC3)cccc2c1. The van der Waals surface area contributed by atoms with Gasteiger partial charge in [-0.1, -0.05) is 24.3 Å². The predicted molar refractivity (Wildman–Crippen MR) is 81.1 cm³/mol. The number of hydrogen-bond donors (Lipinski definition) is 1. The minimum absolute atomic E-state index is 0. The van der Waals surface area contributed by atoms with E-state index in [1.54, 1.807) is 0 Å². The smallest absolute Gasteiger partial charge is 0.0736 e. The highest BCUT2D eigenvalue weighted by Gasteiger charge is 2.17. The molecule has 0 spiro atoms. The highest BCUT2D eigenvalue weighted by atomic mass is 35.5. The first-order chi connectivity index (χ1) is 7.95. The van der Waals surface area contributed by atoms with Crippen LogP contribution in [-0.4, -0.2) is 18.1 Å². The molecular formula is C14H18Cl2N2. The average molecular weight is 285 g/mol. The Bertz CT molecular complexity index is 491. The van der Waals surface area contributed by atoms with Crippen molar-refractivity contribution in [2.75, 3.05) is 13.1 Å². The highest BCUT2D eigenvalue weighted by Crippen LogP contribution is 2.29. The van der Waals surface area contributed by atoms with Crippen molar-refractivity contribution in [3.63, 3.8) is 0 Å². The maximum atomic E-state index is 4.54. The van der Waals surface area contributed by atoms with Gasteiger partial charge in [-0.05, 0) is 43.5 Å². The lowest BCUT2D eigenvalue weighted by molar-refractivity contribution is 0.462. The quantitative estimate of drug-likeness (QED) is 0.866. The fourth-order valence-corrected chi connectivity index (χ4v) is 2.59. The van der Waals surface area contributed by atoms with E-state index in [2.05, 4.69) is 34.6 Å². The molecule has 0 aliphatic carbocycles. The molecule has 1 fully saturated rings. The molecule has 1 saturated heterocycles. The number of para-hydroxylation sites is 1. The number of benzene rings is 1. The maximum Gasteiger partial charge on any atom is 0.0736 e. The van der Waals surface area contributed by atoms with Crippen LogP contribution in [0, 0.1) is 0 Å². The number of halogens is 2. The Morgan fingerprint density at radius 3 is 2.50 bits per heavy atom. The molecule has 1 aromatic carbocycles. The summed E-state index contributed by atoms with van der Waals surface area (Å²) in [5, 5.41) is 4.67. The van der Waals surface area contributed by atoms with E-state index in [1.807, 2.05) is 12.3 Å². The molecule has 0 radical (unpaired) electrons. The summed E-state index contributed by atoms with van der Waals surface area (Å²) in [6, 6.07) is 10.7. The van der Waals surface area contributed by atoms with Gasteiger partial charge in [0.1, 0.15) is 0 Å². The summed E-state index contributed by atoms with van der Waals surface area (Å²) in [6.07, 6.45) is 4.36. The summed E-state index contributed by atoms with van der Waals surface area (Å²) in [6.45, 7) is 2.27. The molecule has 0 saturated carbocycles. The zero-order valence-corrected chi connectivity index (χ0v) is 11.8. The Balaban J connectivity index is 0.000000810. The van der Waals surface area contributed by atoms with Crippen molar-refractivity contribution in [3.05, 3.63) is 42.1 Å². The second kappa shape index (κ2) is 6.93. The second-order valence-electron chi connectivity index (χ2n) is 4.45. The third-order valence-electron chi connectivity index (χ3n) is 3.44. The van der Waals surface area contributed by atoms with E-state index in [4.69, 9.17) is 0 Å². The van der Waals surface area contributed by atoms with Gasteiger partial charge in [0.15, 0.2) is 0 Å². The van der Waals surface area contributed by atoms with E-state index >= 15 is 0 Å². The van der Waals surface area contributed by atoms with Crippen molar-refractivity contribution < 1.29 is 0 Å². The van der Waals surface area contributed by atoms with E-state index in [1.165, 1.54) is 29.3 Å². The van der Waals surface area contributed by atoms with Crippen LogP contribution in [0.1, 0.15) is 24.3 Å². The fourth-order valence-electron chi connectivity index (χ4n) is 2.59. The molecular weight excluding hydrogens is 267 g/mol. The number of hydrogen-bond acceptors (Lipinski definition) is 2. The summed E-state index contributed by atoms with van der Waals surface area (Å²) in [5.74, 6) is 0.680. The van der Waals surface area contributed by atoms with Gasteiger partial charge in [-0.15, -0.1) is 24.8 Å². The number of aromatic nitrogens is 1. The molecule has 0 bridgehead atoms. The van der Waals surface area contributed by atoms with Gasteiger partial charge in [0.25, 0.3) is 0 Å². The standard InChI is InChI=1S/C14H16N2.2ClH/c1-3-12-4-2-8-16-14(12)13(5-1)11-6-9-15-10-7-11;;/h1-5,8,11,15H,6-7,9-10H2;2*1H. The van der Waals surface area contributed by atoms with Crippen molar-refractivity contribution in [1.82, 2.24) is 10.3 Å².